The first-order valence-electron chi connectivity index (χ1n) is 4.48. The Hall–Kier alpha value is -0.600. The summed E-state index contributed by atoms with van der Waals surface area (Å²) in [6.07, 6.45) is 2.59. The maximum atomic E-state index is 13.5. The van der Waals surface area contributed by atoms with Crippen molar-refractivity contribution in [2.75, 3.05) is 0 Å². The third kappa shape index (κ3) is 0.883. The lowest BCUT2D eigenvalue weighted by Gasteiger charge is -2.45. The van der Waals surface area contributed by atoms with Crippen LogP contribution in [-0.2, 0) is 4.79 Å². The molecule has 0 aromatic rings. The molecule has 3 unspecified atom stereocenters. The van der Waals surface area contributed by atoms with Gasteiger partial charge in [0.15, 0.2) is 0 Å². The van der Waals surface area contributed by atoms with Gasteiger partial charge in [-0.1, -0.05) is 6.92 Å². The van der Waals surface area contributed by atoms with Crippen molar-refractivity contribution in [3.05, 3.63) is 0 Å². The van der Waals surface area contributed by atoms with Gasteiger partial charge in [0.25, 0.3) is 0 Å². The van der Waals surface area contributed by atoms with Gasteiger partial charge in [0, 0.05) is 5.92 Å². The maximum Gasteiger partial charge on any atom is 0.341 e. The van der Waals surface area contributed by atoms with Crippen LogP contribution in [0, 0.1) is 17.8 Å². The van der Waals surface area contributed by atoms with Gasteiger partial charge >= 0.3 is 5.97 Å². The second-order valence-corrected chi connectivity index (χ2v) is 4.16. The summed E-state index contributed by atoms with van der Waals surface area (Å²) >= 11 is 0. The fourth-order valence-electron chi connectivity index (χ4n) is 2.27. The lowest BCUT2D eigenvalue weighted by atomic mass is 9.61. The van der Waals surface area contributed by atoms with Crippen molar-refractivity contribution < 1.29 is 14.3 Å². The van der Waals surface area contributed by atoms with Crippen LogP contribution in [0.2, 0.25) is 0 Å². The van der Waals surface area contributed by atoms with Crippen LogP contribution in [0.15, 0.2) is 0 Å². The van der Waals surface area contributed by atoms with Crippen LogP contribution in [0.1, 0.15) is 26.2 Å². The molecule has 2 fully saturated rings. The van der Waals surface area contributed by atoms with Crippen LogP contribution < -0.4 is 0 Å². The molecule has 3 heteroatoms. The highest BCUT2D eigenvalue weighted by Crippen LogP contribution is 2.56. The predicted octanol–water partition coefficient (Wildman–Crippen LogP) is 1.85. The zero-order valence-corrected chi connectivity index (χ0v) is 7.09. The van der Waals surface area contributed by atoms with Gasteiger partial charge in [-0.05, 0) is 31.1 Å². The van der Waals surface area contributed by atoms with Crippen LogP contribution in [0.3, 0.4) is 0 Å². The summed E-state index contributed by atoms with van der Waals surface area (Å²) in [4.78, 5) is 10.5. The zero-order chi connectivity index (χ0) is 8.93. The van der Waals surface area contributed by atoms with Crippen molar-refractivity contribution in [2.45, 2.75) is 31.9 Å². The standard InChI is InChI=1S/C9H13FO2/c1-5-7(6-2-3-6)4-9(5,10)8(11)12/h5-7H,2-4H2,1H3,(H,11,12). The average Bonchev–Trinajstić information content (AvgIpc) is 2.81. The molecule has 0 aromatic carbocycles. The Morgan fingerprint density at radius 2 is 2.17 bits per heavy atom. The molecule has 0 radical (unpaired) electrons. The third-order valence-corrected chi connectivity index (χ3v) is 3.48. The van der Waals surface area contributed by atoms with Crippen LogP contribution in [0.5, 0.6) is 0 Å². The summed E-state index contributed by atoms with van der Waals surface area (Å²) in [5.41, 5.74) is -1.91. The fourth-order valence-corrected chi connectivity index (χ4v) is 2.27. The number of hydrogen-bond donors (Lipinski definition) is 1. The number of carbonyl (C=O) groups is 1. The topological polar surface area (TPSA) is 37.3 Å². The van der Waals surface area contributed by atoms with Crippen LogP contribution in [-0.4, -0.2) is 16.7 Å². The van der Waals surface area contributed by atoms with E-state index in [4.69, 9.17) is 5.11 Å². The van der Waals surface area contributed by atoms with Gasteiger partial charge in [-0.15, -0.1) is 0 Å². The molecule has 0 saturated heterocycles. The number of rotatable bonds is 2. The number of hydrogen-bond acceptors (Lipinski definition) is 1. The Balaban J connectivity index is 2.02. The molecular weight excluding hydrogens is 159 g/mol. The van der Waals surface area contributed by atoms with Gasteiger partial charge in [-0.25, -0.2) is 9.18 Å². The second kappa shape index (κ2) is 2.21. The molecule has 0 heterocycles. The molecule has 0 spiro atoms. The Morgan fingerprint density at radius 3 is 2.50 bits per heavy atom. The van der Waals surface area contributed by atoms with Crippen LogP contribution in [0.25, 0.3) is 0 Å². The molecule has 0 amide bonds. The van der Waals surface area contributed by atoms with E-state index in [-0.39, 0.29) is 12.3 Å². The molecule has 12 heavy (non-hydrogen) atoms. The van der Waals surface area contributed by atoms with E-state index in [1.165, 1.54) is 12.8 Å². The lowest BCUT2D eigenvalue weighted by Crippen LogP contribution is -2.55. The summed E-state index contributed by atoms with van der Waals surface area (Å²) in [5, 5.41) is 8.61. The Labute approximate surface area is 70.8 Å². The summed E-state index contributed by atoms with van der Waals surface area (Å²) in [7, 11) is 0. The number of alkyl halides is 1. The molecule has 2 rings (SSSR count). The van der Waals surface area contributed by atoms with E-state index in [0.717, 1.165) is 0 Å². The fraction of sp³-hybridized carbons (Fsp3) is 0.889. The molecule has 2 saturated carbocycles. The van der Waals surface area contributed by atoms with E-state index in [1.807, 2.05) is 0 Å². The predicted molar refractivity (Wildman–Crippen MR) is 41.5 cm³/mol. The van der Waals surface area contributed by atoms with Crippen molar-refractivity contribution in [3.8, 4) is 0 Å². The smallest absolute Gasteiger partial charge is 0.341 e. The van der Waals surface area contributed by atoms with E-state index >= 15 is 0 Å². The highest BCUT2D eigenvalue weighted by molar-refractivity contribution is 5.79. The third-order valence-electron chi connectivity index (χ3n) is 3.48. The van der Waals surface area contributed by atoms with Gasteiger partial charge in [-0.2, -0.15) is 0 Å². The minimum absolute atomic E-state index is 0.244. The SMILES string of the molecule is CC1C(C2CC2)CC1(F)C(=O)O. The minimum atomic E-state index is -1.91. The molecule has 0 aliphatic heterocycles. The molecule has 2 aliphatic rings. The first-order chi connectivity index (χ1) is 5.55. The quantitative estimate of drug-likeness (QED) is 0.690. The van der Waals surface area contributed by atoms with Crippen LogP contribution in [0.4, 0.5) is 4.39 Å². The summed E-state index contributed by atoms with van der Waals surface area (Å²) in [6, 6.07) is 0. The van der Waals surface area contributed by atoms with Crippen molar-refractivity contribution in [1.82, 2.24) is 0 Å². The van der Waals surface area contributed by atoms with Gasteiger partial charge in [0.1, 0.15) is 0 Å². The highest BCUT2D eigenvalue weighted by Gasteiger charge is 2.61. The molecular formula is C9H13FO2. The Kier molecular flexibility index (Phi) is 1.48. The van der Waals surface area contributed by atoms with E-state index < -0.39 is 11.6 Å². The maximum absolute atomic E-state index is 13.5. The first-order valence-corrected chi connectivity index (χ1v) is 4.48. The molecule has 3 atom stereocenters. The molecule has 1 N–H and O–H groups in total. The van der Waals surface area contributed by atoms with Crippen LogP contribution >= 0.6 is 0 Å². The number of halogens is 1. The highest BCUT2D eigenvalue weighted by atomic mass is 19.1. The average molecular weight is 172 g/mol. The summed E-state index contributed by atoms with van der Waals surface area (Å²) in [5.74, 6) is -0.580. The van der Waals surface area contributed by atoms with Gasteiger partial charge in [0.2, 0.25) is 5.67 Å². The lowest BCUT2D eigenvalue weighted by molar-refractivity contribution is -0.172. The summed E-state index contributed by atoms with van der Waals surface area (Å²) in [6.45, 7) is 1.72. The van der Waals surface area contributed by atoms with E-state index in [9.17, 15) is 9.18 Å². The van der Waals surface area contributed by atoms with Crippen molar-refractivity contribution in [1.29, 1.82) is 0 Å². The molecule has 2 aliphatic carbocycles. The second-order valence-electron chi connectivity index (χ2n) is 4.16. The van der Waals surface area contributed by atoms with Crippen molar-refractivity contribution >= 4 is 5.97 Å². The van der Waals surface area contributed by atoms with Crippen molar-refractivity contribution in [2.24, 2.45) is 17.8 Å². The van der Waals surface area contributed by atoms with E-state index in [2.05, 4.69) is 0 Å². The number of carboxylic acids is 1. The zero-order valence-electron chi connectivity index (χ0n) is 7.09. The van der Waals surface area contributed by atoms with Gasteiger partial charge in [0.05, 0.1) is 0 Å². The van der Waals surface area contributed by atoms with E-state index in [0.29, 0.717) is 11.8 Å². The minimum Gasteiger partial charge on any atom is -0.479 e. The molecule has 2 nitrogen and oxygen atoms in total. The molecule has 0 aromatic heterocycles. The monoisotopic (exact) mass is 172 g/mol. The Morgan fingerprint density at radius 1 is 1.58 bits per heavy atom. The summed E-state index contributed by atoms with van der Waals surface area (Å²) < 4.78 is 13.5. The van der Waals surface area contributed by atoms with Crippen molar-refractivity contribution in [3.63, 3.8) is 0 Å². The normalized spacial score (nSPS) is 46.8. The number of carboxylic acid groups (broad SMARTS) is 1. The molecule has 68 valence electrons. The van der Waals surface area contributed by atoms with E-state index in [1.54, 1.807) is 6.92 Å². The molecule has 0 bridgehead atoms. The van der Waals surface area contributed by atoms with Gasteiger partial charge in [-0.3, -0.25) is 0 Å². The Bertz CT molecular complexity index is 225. The first kappa shape index (κ1) is 8.02. The largest absolute Gasteiger partial charge is 0.479 e. The number of aliphatic carboxylic acids is 1. The van der Waals surface area contributed by atoms with Gasteiger partial charge < -0.3 is 5.11 Å².